The number of benzene rings is 4. The van der Waals surface area contributed by atoms with Crippen LogP contribution in [0.2, 0.25) is 0 Å². The average molecular weight is 716 g/mol. The Morgan fingerprint density at radius 2 is 1.09 bits per heavy atom. The Hall–Kier alpha value is -2.49. The quantitative estimate of drug-likeness (QED) is 0.0583. The van der Waals surface area contributed by atoms with Crippen LogP contribution >= 0.6 is 69.6 Å². The first-order valence-corrected chi connectivity index (χ1v) is 15.7. The highest BCUT2D eigenvalue weighted by Gasteiger charge is 2.34. The van der Waals surface area contributed by atoms with Crippen molar-refractivity contribution >= 4 is 91.2 Å². The summed E-state index contributed by atoms with van der Waals surface area (Å²) >= 11 is 35.8. The maximum Gasteiger partial charge on any atom is 0.250 e. The van der Waals surface area contributed by atoms with Gasteiger partial charge in [-0.05, 0) is 31.2 Å². The molecule has 0 fully saturated rings. The summed E-state index contributed by atoms with van der Waals surface area (Å²) < 4.78 is 19.8. The van der Waals surface area contributed by atoms with Gasteiger partial charge in [-0.2, -0.15) is 0 Å². The summed E-state index contributed by atoms with van der Waals surface area (Å²) in [5.74, 6) is 2.09. The molecule has 0 N–H and O–H groups in total. The molecule has 7 nitrogen and oxygen atoms in total. The first kappa shape index (κ1) is 32.9. The molecule has 0 saturated carbocycles. The highest BCUT2D eigenvalue weighted by Crippen LogP contribution is 2.43. The Labute approximate surface area is 284 Å². The molecule has 0 bridgehead atoms. The van der Waals surface area contributed by atoms with E-state index in [2.05, 4.69) is 39.2 Å². The number of halogens is 6. The van der Waals surface area contributed by atoms with E-state index in [-0.39, 0.29) is 24.3 Å². The minimum atomic E-state index is -1.94. The van der Waals surface area contributed by atoms with Gasteiger partial charge in [0, 0.05) is 33.5 Å². The predicted molar refractivity (Wildman–Crippen MR) is 178 cm³/mol. The molecule has 0 amide bonds. The van der Waals surface area contributed by atoms with Crippen LogP contribution in [0.3, 0.4) is 0 Å². The van der Waals surface area contributed by atoms with Crippen LogP contribution in [-0.4, -0.2) is 41.6 Å². The van der Waals surface area contributed by atoms with Gasteiger partial charge in [0.15, 0.2) is 24.3 Å². The molecule has 1 heterocycles. The summed E-state index contributed by atoms with van der Waals surface area (Å²) in [7, 11) is 0. The molecular weight excluding hydrogens is 691 g/mol. The van der Waals surface area contributed by atoms with Crippen LogP contribution in [0.5, 0.6) is 17.2 Å². The summed E-state index contributed by atoms with van der Waals surface area (Å²) in [5.41, 5.74) is 0.568. The lowest BCUT2D eigenvalue weighted by molar-refractivity contribution is 0.0107. The molecule has 44 heavy (non-hydrogen) atoms. The largest absolute Gasteiger partial charge is 0.493 e. The van der Waals surface area contributed by atoms with E-state index in [1.165, 1.54) is 0 Å². The maximum atomic E-state index is 6.30. The van der Waals surface area contributed by atoms with Crippen molar-refractivity contribution in [3.63, 3.8) is 0 Å². The van der Waals surface area contributed by atoms with Crippen molar-refractivity contribution < 1.29 is 18.9 Å². The average Bonchev–Trinajstić information content (AvgIpc) is 3.01. The van der Waals surface area contributed by atoms with Gasteiger partial charge in [0.05, 0.1) is 19.8 Å². The van der Waals surface area contributed by atoms with E-state index >= 15 is 0 Å². The third-order valence-corrected chi connectivity index (χ3v) is 7.38. The second-order valence-electron chi connectivity index (χ2n) is 9.38. The fraction of sp³-hybridized carbons (Fsp3) is 0.258. The van der Waals surface area contributed by atoms with Gasteiger partial charge >= 0.3 is 0 Å². The van der Waals surface area contributed by atoms with Crippen molar-refractivity contribution in [1.82, 2.24) is 15.0 Å². The molecule has 0 aliphatic heterocycles. The third-order valence-electron chi connectivity index (χ3n) is 6.36. The second-order valence-corrected chi connectivity index (χ2v) is 13.9. The highest BCUT2D eigenvalue weighted by molar-refractivity contribution is 6.67. The molecule has 4 aromatic carbocycles. The zero-order valence-electron chi connectivity index (χ0n) is 23.2. The van der Waals surface area contributed by atoms with Crippen molar-refractivity contribution in [2.75, 3.05) is 26.6 Å². The van der Waals surface area contributed by atoms with Gasteiger partial charge in [-0.1, -0.05) is 118 Å². The van der Waals surface area contributed by atoms with Crippen LogP contribution in [0.15, 0.2) is 72.8 Å². The maximum absolute atomic E-state index is 6.30. The number of ether oxygens (including phenoxy) is 4. The summed E-state index contributed by atoms with van der Waals surface area (Å²) in [4.78, 5) is 12.4. The number of nitrogens with zero attached hydrogens (tertiary/aromatic N) is 3. The van der Waals surface area contributed by atoms with E-state index in [0.717, 1.165) is 33.0 Å². The molecule has 1 aromatic heterocycles. The minimum absolute atomic E-state index is 0.0504. The number of hydrogen-bond acceptors (Lipinski definition) is 7. The van der Waals surface area contributed by atoms with E-state index in [4.69, 9.17) is 88.6 Å². The molecular formula is C31H25Cl6N3O4. The van der Waals surface area contributed by atoms with E-state index in [1.807, 2.05) is 31.2 Å². The van der Waals surface area contributed by atoms with Crippen LogP contribution in [0.25, 0.3) is 32.9 Å². The van der Waals surface area contributed by atoms with E-state index in [9.17, 15) is 0 Å². The number of rotatable bonds is 11. The highest BCUT2D eigenvalue weighted by atomic mass is 35.6. The Balaban J connectivity index is 1.16. The third kappa shape index (κ3) is 7.83. The van der Waals surface area contributed by atoms with Crippen LogP contribution in [0.1, 0.15) is 25.0 Å². The fourth-order valence-electron chi connectivity index (χ4n) is 4.47. The smallest absolute Gasteiger partial charge is 0.250 e. The Kier molecular flexibility index (Phi) is 10.7. The molecule has 5 aromatic rings. The Morgan fingerprint density at radius 1 is 0.591 bits per heavy atom. The van der Waals surface area contributed by atoms with Crippen LogP contribution in [0.4, 0.5) is 0 Å². The zero-order chi connectivity index (χ0) is 31.3. The number of aromatic nitrogens is 3. The van der Waals surface area contributed by atoms with Crippen molar-refractivity contribution in [1.29, 1.82) is 0 Å². The number of fused-ring (bicyclic) bond motifs is 2. The van der Waals surface area contributed by atoms with E-state index in [0.29, 0.717) is 37.6 Å². The van der Waals surface area contributed by atoms with Crippen molar-refractivity contribution in [2.45, 2.75) is 20.9 Å². The number of hydrogen-bond donors (Lipinski definition) is 0. The first-order valence-electron chi connectivity index (χ1n) is 13.5. The monoisotopic (exact) mass is 713 g/mol. The summed E-state index contributed by atoms with van der Waals surface area (Å²) in [5, 5.41) is 4.05. The lowest BCUT2D eigenvalue weighted by atomic mass is 10.0. The summed E-state index contributed by atoms with van der Waals surface area (Å²) in [6.07, 6.45) is 0.661. The topological polar surface area (TPSA) is 75.6 Å². The van der Waals surface area contributed by atoms with E-state index in [1.54, 1.807) is 24.3 Å². The minimum Gasteiger partial charge on any atom is -0.493 e. The molecule has 0 saturated heterocycles. The molecule has 0 atom stereocenters. The number of alkyl halides is 6. The predicted octanol–water partition coefficient (Wildman–Crippen LogP) is 9.72. The zero-order valence-corrected chi connectivity index (χ0v) is 27.7. The Bertz CT molecular complexity index is 1650. The second kappa shape index (κ2) is 14.3. The van der Waals surface area contributed by atoms with Gasteiger partial charge in [0.2, 0.25) is 7.59 Å². The van der Waals surface area contributed by atoms with E-state index < -0.39 is 7.59 Å². The lowest BCUT2D eigenvalue weighted by Gasteiger charge is -2.17. The van der Waals surface area contributed by atoms with Gasteiger partial charge < -0.3 is 18.9 Å². The van der Waals surface area contributed by atoms with Crippen molar-refractivity contribution in [2.24, 2.45) is 0 Å². The molecule has 0 aliphatic carbocycles. The van der Waals surface area contributed by atoms with Crippen molar-refractivity contribution in [3.05, 3.63) is 84.4 Å². The first-order chi connectivity index (χ1) is 21.1. The molecule has 0 aliphatic rings. The molecule has 230 valence electrons. The lowest BCUT2D eigenvalue weighted by Crippen LogP contribution is -2.16. The van der Waals surface area contributed by atoms with Gasteiger partial charge in [-0.3, -0.25) is 0 Å². The SMILES string of the molecule is CCOc1c2ccccc2c(OCCCOCOc2ccc(-c3nc(C(Cl)(Cl)Cl)nc(C(Cl)(Cl)Cl)n3)cc2)c2ccccc12. The fourth-order valence-corrected chi connectivity index (χ4v) is 4.97. The molecule has 0 spiro atoms. The summed E-state index contributed by atoms with van der Waals surface area (Å²) in [6, 6.07) is 23.1. The van der Waals surface area contributed by atoms with Crippen molar-refractivity contribution in [3.8, 4) is 28.6 Å². The standard InChI is InChI=1S/C31H25Cl6N3O4/c1-2-42-25-21-8-3-5-10-23(21)26(24-11-6-4-9-22(24)25)43-17-7-16-41-18-44-20-14-12-19(13-15-20)27-38-28(30(32,33)34)40-29(39-27)31(35,36)37/h3-6,8-15H,2,7,16-18H2,1H3. The molecule has 0 unspecified atom stereocenters. The van der Waals surface area contributed by atoms with Crippen LogP contribution in [-0.2, 0) is 12.3 Å². The molecule has 5 rings (SSSR count). The molecule has 13 heteroatoms. The normalized spacial score (nSPS) is 12.1. The Morgan fingerprint density at radius 3 is 1.57 bits per heavy atom. The van der Waals surface area contributed by atoms with Gasteiger partial charge in [-0.25, -0.2) is 15.0 Å². The van der Waals surface area contributed by atoms with Crippen LogP contribution < -0.4 is 14.2 Å². The summed E-state index contributed by atoms with van der Waals surface area (Å²) in [6.45, 7) is 3.52. The van der Waals surface area contributed by atoms with Gasteiger partial charge in [-0.15, -0.1) is 0 Å². The van der Waals surface area contributed by atoms with Gasteiger partial charge in [0.1, 0.15) is 17.2 Å². The van der Waals surface area contributed by atoms with Crippen LogP contribution in [0, 0.1) is 0 Å². The molecule has 0 radical (unpaired) electrons. The van der Waals surface area contributed by atoms with Gasteiger partial charge in [0.25, 0.3) is 0 Å².